The molecule has 1 aromatic carbocycles. The molecule has 3 heterocycles. The summed E-state index contributed by atoms with van der Waals surface area (Å²) in [4.78, 5) is 14.7. The SMILES string of the molecule is C[C@H](Cc1cc(N2CC(F)(F)C2)cc(Cc2cnccn2)n1)c1ccc(F)cc1. The quantitative estimate of drug-likeness (QED) is 0.617. The van der Waals surface area contributed by atoms with Crippen LogP contribution in [0.1, 0.15) is 35.5 Å². The molecule has 1 aliphatic heterocycles. The van der Waals surface area contributed by atoms with Crippen LogP contribution in [0.5, 0.6) is 0 Å². The lowest BCUT2D eigenvalue weighted by molar-refractivity contribution is -0.0262. The molecule has 0 aliphatic carbocycles. The normalized spacial score (nSPS) is 16.3. The zero-order chi connectivity index (χ0) is 20.4. The summed E-state index contributed by atoms with van der Waals surface area (Å²) < 4.78 is 40.0. The van der Waals surface area contributed by atoms with Crippen molar-refractivity contribution in [1.29, 1.82) is 0 Å². The molecule has 1 saturated heterocycles. The highest BCUT2D eigenvalue weighted by molar-refractivity contribution is 5.52. The molecule has 3 aromatic rings. The highest BCUT2D eigenvalue weighted by Gasteiger charge is 2.44. The lowest BCUT2D eigenvalue weighted by Gasteiger charge is -2.40. The van der Waals surface area contributed by atoms with Gasteiger partial charge in [0.05, 0.1) is 18.8 Å². The average molecular weight is 398 g/mol. The van der Waals surface area contributed by atoms with Gasteiger partial charge < -0.3 is 4.90 Å². The largest absolute Gasteiger partial charge is 0.359 e. The number of alkyl halides is 2. The second kappa shape index (κ2) is 7.81. The molecule has 2 aromatic heterocycles. The Labute approximate surface area is 167 Å². The minimum absolute atomic E-state index is 0.112. The van der Waals surface area contributed by atoms with Gasteiger partial charge in [0.1, 0.15) is 5.82 Å². The highest BCUT2D eigenvalue weighted by atomic mass is 19.3. The molecule has 29 heavy (non-hydrogen) atoms. The van der Waals surface area contributed by atoms with Crippen molar-refractivity contribution in [3.05, 3.63) is 83.5 Å². The van der Waals surface area contributed by atoms with Gasteiger partial charge in [-0.2, -0.15) is 0 Å². The van der Waals surface area contributed by atoms with E-state index in [1.165, 1.54) is 12.1 Å². The third-order valence-corrected chi connectivity index (χ3v) is 5.06. The Morgan fingerprint density at radius 1 is 1.03 bits per heavy atom. The summed E-state index contributed by atoms with van der Waals surface area (Å²) in [6.07, 6.45) is 5.99. The Morgan fingerprint density at radius 3 is 2.41 bits per heavy atom. The Hall–Kier alpha value is -2.96. The molecule has 4 rings (SSSR count). The number of aromatic nitrogens is 3. The first-order valence-corrected chi connectivity index (χ1v) is 9.51. The van der Waals surface area contributed by atoms with Crippen molar-refractivity contribution in [2.75, 3.05) is 18.0 Å². The molecule has 0 saturated carbocycles. The number of pyridine rings is 1. The van der Waals surface area contributed by atoms with E-state index in [0.717, 1.165) is 28.3 Å². The Kier molecular flexibility index (Phi) is 5.22. The van der Waals surface area contributed by atoms with Crippen molar-refractivity contribution in [2.45, 2.75) is 31.6 Å². The fourth-order valence-electron chi connectivity index (χ4n) is 3.53. The first-order chi connectivity index (χ1) is 13.9. The number of hydrogen-bond donors (Lipinski definition) is 0. The van der Waals surface area contributed by atoms with Crippen LogP contribution in [0.15, 0.2) is 55.0 Å². The van der Waals surface area contributed by atoms with E-state index in [1.807, 2.05) is 19.1 Å². The number of benzene rings is 1. The van der Waals surface area contributed by atoms with Crippen LogP contribution in [0, 0.1) is 5.82 Å². The fraction of sp³-hybridized carbons (Fsp3) is 0.318. The van der Waals surface area contributed by atoms with E-state index in [2.05, 4.69) is 9.97 Å². The Morgan fingerprint density at radius 2 is 1.76 bits per heavy atom. The van der Waals surface area contributed by atoms with E-state index in [9.17, 15) is 13.2 Å². The zero-order valence-corrected chi connectivity index (χ0v) is 16.0. The fourth-order valence-corrected chi connectivity index (χ4v) is 3.53. The van der Waals surface area contributed by atoms with Crippen molar-refractivity contribution in [3.8, 4) is 0 Å². The van der Waals surface area contributed by atoms with Crippen molar-refractivity contribution < 1.29 is 13.2 Å². The number of halogens is 3. The van der Waals surface area contributed by atoms with E-state index in [-0.39, 0.29) is 24.8 Å². The number of rotatable bonds is 6. The summed E-state index contributed by atoms with van der Waals surface area (Å²) in [5.41, 5.74) is 4.09. The summed E-state index contributed by atoms with van der Waals surface area (Å²) in [5.74, 6) is -2.80. The molecule has 0 unspecified atom stereocenters. The van der Waals surface area contributed by atoms with Gasteiger partial charge in [-0.1, -0.05) is 19.1 Å². The molecule has 1 atom stereocenters. The van der Waals surface area contributed by atoms with Gasteiger partial charge >= 0.3 is 0 Å². The minimum atomic E-state index is -2.64. The van der Waals surface area contributed by atoms with Crippen molar-refractivity contribution in [3.63, 3.8) is 0 Å². The van der Waals surface area contributed by atoms with E-state index in [1.54, 1.807) is 35.6 Å². The molecule has 0 amide bonds. The van der Waals surface area contributed by atoms with E-state index < -0.39 is 5.92 Å². The molecule has 150 valence electrons. The number of anilines is 1. The third-order valence-electron chi connectivity index (χ3n) is 5.06. The van der Waals surface area contributed by atoms with Crippen LogP contribution >= 0.6 is 0 Å². The topological polar surface area (TPSA) is 41.9 Å². The van der Waals surface area contributed by atoms with Crippen LogP contribution < -0.4 is 4.90 Å². The van der Waals surface area contributed by atoms with E-state index in [4.69, 9.17) is 4.98 Å². The van der Waals surface area contributed by atoms with Gasteiger partial charge in [0.15, 0.2) is 0 Å². The second-order valence-corrected chi connectivity index (χ2v) is 7.55. The summed E-state index contributed by atoms with van der Waals surface area (Å²) >= 11 is 0. The molecular formula is C22H21F3N4. The van der Waals surface area contributed by atoms with Crippen LogP contribution in [0.3, 0.4) is 0 Å². The van der Waals surface area contributed by atoms with E-state index >= 15 is 0 Å². The van der Waals surface area contributed by atoms with E-state index in [0.29, 0.717) is 12.8 Å². The van der Waals surface area contributed by atoms with Crippen molar-refractivity contribution in [2.24, 2.45) is 0 Å². The maximum absolute atomic E-state index is 13.4. The minimum Gasteiger partial charge on any atom is -0.359 e. The Balaban J connectivity index is 1.59. The third kappa shape index (κ3) is 4.72. The predicted molar refractivity (Wildman–Crippen MR) is 105 cm³/mol. The lowest BCUT2D eigenvalue weighted by Crippen LogP contribution is -2.56. The van der Waals surface area contributed by atoms with Crippen LogP contribution in [0.4, 0.5) is 18.9 Å². The van der Waals surface area contributed by atoms with Gasteiger partial charge in [0.2, 0.25) is 0 Å². The van der Waals surface area contributed by atoms with Gasteiger partial charge in [-0.05, 0) is 42.2 Å². The second-order valence-electron chi connectivity index (χ2n) is 7.55. The summed E-state index contributed by atoms with van der Waals surface area (Å²) in [6.45, 7) is 1.48. The maximum Gasteiger partial charge on any atom is 0.282 e. The lowest BCUT2D eigenvalue weighted by atomic mass is 9.95. The summed E-state index contributed by atoms with van der Waals surface area (Å²) in [5, 5.41) is 0. The number of nitrogens with zero attached hydrogens (tertiary/aromatic N) is 4. The van der Waals surface area contributed by atoms with Gasteiger partial charge in [0, 0.05) is 42.1 Å². The average Bonchev–Trinajstić information content (AvgIpc) is 2.67. The standard InChI is InChI=1S/C22H21F3N4/c1-15(16-2-4-17(23)5-3-16)8-18-10-21(29-13-22(24,25)14-29)11-19(28-18)9-20-12-26-6-7-27-20/h2-7,10-12,15H,8-9,13-14H2,1H3/t15-/m1/s1. The Bertz CT molecular complexity index is 969. The molecule has 1 fully saturated rings. The first-order valence-electron chi connectivity index (χ1n) is 9.51. The first kappa shape index (κ1) is 19.4. The van der Waals surface area contributed by atoms with Gasteiger partial charge in [-0.15, -0.1) is 0 Å². The smallest absolute Gasteiger partial charge is 0.282 e. The molecule has 4 nitrogen and oxygen atoms in total. The van der Waals surface area contributed by atoms with Gasteiger partial charge in [0.25, 0.3) is 5.92 Å². The van der Waals surface area contributed by atoms with Gasteiger partial charge in [-0.25, -0.2) is 13.2 Å². The van der Waals surface area contributed by atoms with Crippen molar-refractivity contribution in [1.82, 2.24) is 15.0 Å². The van der Waals surface area contributed by atoms with Crippen molar-refractivity contribution >= 4 is 5.69 Å². The molecule has 0 spiro atoms. The molecule has 0 N–H and O–H groups in total. The summed E-state index contributed by atoms with van der Waals surface area (Å²) in [6, 6.07) is 10.1. The molecule has 0 bridgehead atoms. The monoisotopic (exact) mass is 398 g/mol. The maximum atomic E-state index is 13.4. The molecular weight excluding hydrogens is 377 g/mol. The van der Waals surface area contributed by atoms with Crippen LogP contribution in [-0.2, 0) is 12.8 Å². The highest BCUT2D eigenvalue weighted by Crippen LogP contribution is 2.33. The predicted octanol–water partition coefficient (Wildman–Crippen LogP) is 4.40. The van der Waals surface area contributed by atoms with Gasteiger partial charge in [-0.3, -0.25) is 15.0 Å². The molecule has 0 radical (unpaired) electrons. The van der Waals surface area contributed by atoms with Crippen LogP contribution in [0.2, 0.25) is 0 Å². The summed E-state index contributed by atoms with van der Waals surface area (Å²) in [7, 11) is 0. The molecule has 1 aliphatic rings. The van der Waals surface area contributed by atoms with Crippen LogP contribution in [0.25, 0.3) is 0 Å². The number of hydrogen-bond acceptors (Lipinski definition) is 4. The zero-order valence-electron chi connectivity index (χ0n) is 16.0. The van der Waals surface area contributed by atoms with Crippen LogP contribution in [-0.4, -0.2) is 34.0 Å². The molecule has 7 heteroatoms.